The molecule has 0 aromatic heterocycles. The number of rotatable bonds is 14. The lowest BCUT2D eigenvalue weighted by molar-refractivity contribution is -0.154. The van der Waals surface area contributed by atoms with Crippen LogP contribution in [0.5, 0.6) is 0 Å². The number of piperidine rings is 1. The van der Waals surface area contributed by atoms with Crippen molar-refractivity contribution in [2.24, 2.45) is 40.9 Å². The number of fused-ring (bicyclic) bond motifs is 1. The summed E-state index contributed by atoms with van der Waals surface area (Å²) in [6, 6.07) is -3.02. The quantitative estimate of drug-likeness (QED) is 0.116. The molecular formula is C41H63N5O7. The molecule has 0 aromatic rings. The first-order chi connectivity index (χ1) is 25.0. The minimum absolute atomic E-state index is 0.0293. The normalized spacial score (nSPS) is 32.1. The second-order valence-corrected chi connectivity index (χ2v) is 18.9. The van der Waals surface area contributed by atoms with Crippen LogP contribution in [0.3, 0.4) is 0 Å². The molecule has 6 saturated carbocycles. The number of ketones is 1. The van der Waals surface area contributed by atoms with Crippen LogP contribution in [0.4, 0.5) is 4.79 Å². The van der Waals surface area contributed by atoms with Gasteiger partial charge in [-0.3, -0.25) is 24.0 Å². The predicted octanol–water partition coefficient (Wildman–Crippen LogP) is 4.55. The molecule has 294 valence electrons. The van der Waals surface area contributed by atoms with E-state index in [-0.39, 0.29) is 60.0 Å². The van der Waals surface area contributed by atoms with Gasteiger partial charge in [-0.15, -0.1) is 6.58 Å². The Labute approximate surface area is 315 Å². The topological polar surface area (TPSA) is 163 Å². The number of esters is 1. The van der Waals surface area contributed by atoms with Gasteiger partial charge in [-0.2, -0.15) is 0 Å². The second kappa shape index (κ2) is 15.4. The zero-order valence-corrected chi connectivity index (χ0v) is 32.6. The fourth-order valence-electron chi connectivity index (χ4n) is 11.2. The Balaban J connectivity index is 1.14. The third-order valence-electron chi connectivity index (χ3n) is 13.4. The molecule has 0 spiro atoms. The van der Waals surface area contributed by atoms with Crippen LogP contribution in [0.2, 0.25) is 0 Å². The van der Waals surface area contributed by atoms with E-state index in [2.05, 4.69) is 41.7 Å². The van der Waals surface area contributed by atoms with Crippen molar-refractivity contribution < 1.29 is 33.5 Å². The smallest absolute Gasteiger partial charge is 0.315 e. The zero-order valence-electron chi connectivity index (χ0n) is 32.6. The Morgan fingerprint density at radius 1 is 0.925 bits per heavy atom. The number of nitrogens with one attached hydrogen (secondary N) is 4. The molecule has 6 aliphatic carbocycles. The Bertz CT molecular complexity index is 1430. The van der Waals surface area contributed by atoms with E-state index in [0.29, 0.717) is 30.7 Å². The lowest BCUT2D eigenvalue weighted by atomic mass is 9.53. The van der Waals surface area contributed by atoms with Crippen LogP contribution in [-0.4, -0.2) is 82.8 Å². The lowest BCUT2D eigenvalue weighted by Crippen LogP contribution is -2.64. The highest BCUT2D eigenvalue weighted by Crippen LogP contribution is 2.65. The number of ether oxygens (including phenoxy) is 1. The highest BCUT2D eigenvalue weighted by Gasteiger charge is 2.70. The number of allylic oxidation sites excluding steroid dienone is 1. The van der Waals surface area contributed by atoms with Gasteiger partial charge in [0.25, 0.3) is 5.91 Å². The largest absolute Gasteiger partial charge is 0.460 e. The first-order valence-corrected chi connectivity index (χ1v) is 20.3. The summed E-state index contributed by atoms with van der Waals surface area (Å²) in [5, 5.41) is 11.9. The molecule has 7 aliphatic rings. The van der Waals surface area contributed by atoms with Crippen molar-refractivity contribution in [1.82, 2.24) is 26.2 Å². The monoisotopic (exact) mass is 737 g/mol. The van der Waals surface area contributed by atoms with Gasteiger partial charge in [0.05, 0.1) is 12.5 Å². The number of likely N-dealkylation sites (tertiary alicyclic amines) is 1. The molecule has 7 fully saturated rings. The molecule has 0 aromatic carbocycles. The first-order valence-electron chi connectivity index (χ1n) is 20.3. The van der Waals surface area contributed by atoms with Crippen LogP contribution in [0.1, 0.15) is 125 Å². The Kier molecular flexibility index (Phi) is 11.4. The van der Waals surface area contributed by atoms with E-state index in [1.54, 1.807) is 31.7 Å². The van der Waals surface area contributed by atoms with Gasteiger partial charge >= 0.3 is 12.0 Å². The average molecular weight is 738 g/mol. The minimum atomic E-state index is -1.14. The van der Waals surface area contributed by atoms with E-state index in [1.807, 2.05) is 0 Å². The predicted molar refractivity (Wildman–Crippen MR) is 199 cm³/mol. The van der Waals surface area contributed by atoms with Gasteiger partial charge in [-0.05, 0) is 126 Å². The molecule has 5 atom stereocenters. The third kappa shape index (κ3) is 8.77. The molecule has 12 nitrogen and oxygen atoms in total. The summed E-state index contributed by atoms with van der Waals surface area (Å²) in [6.45, 7) is 13.5. The maximum atomic E-state index is 14.7. The fraction of sp³-hybridized carbons (Fsp3) is 0.805. The van der Waals surface area contributed by atoms with Gasteiger partial charge in [0.1, 0.15) is 17.7 Å². The van der Waals surface area contributed by atoms with Crippen molar-refractivity contribution in [1.29, 1.82) is 0 Å². The van der Waals surface area contributed by atoms with Gasteiger partial charge in [-0.25, -0.2) is 4.79 Å². The van der Waals surface area contributed by atoms with E-state index in [1.165, 1.54) is 19.3 Å². The zero-order chi connectivity index (χ0) is 38.3. The van der Waals surface area contributed by atoms with Gasteiger partial charge in [0, 0.05) is 18.6 Å². The van der Waals surface area contributed by atoms with E-state index >= 15 is 0 Å². The molecule has 1 heterocycles. The molecule has 1 saturated heterocycles. The molecule has 7 rings (SSSR count). The van der Waals surface area contributed by atoms with Crippen molar-refractivity contribution >= 4 is 35.5 Å². The lowest BCUT2D eigenvalue weighted by Gasteiger charge is -2.56. The van der Waals surface area contributed by atoms with Gasteiger partial charge in [0.2, 0.25) is 17.6 Å². The van der Waals surface area contributed by atoms with Crippen molar-refractivity contribution in [3.8, 4) is 0 Å². The van der Waals surface area contributed by atoms with E-state index in [0.717, 1.165) is 51.4 Å². The molecule has 0 radical (unpaired) electrons. The van der Waals surface area contributed by atoms with Crippen molar-refractivity contribution in [3.63, 3.8) is 0 Å². The highest BCUT2D eigenvalue weighted by molar-refractivity contribution is 6.38. The van der Waals surface area contributed by atoms with Crippen molar-refractivity contribution in [3.05, 3.63) is 12.7 Å². The third-order valence-corrected chi connectivity index (χ3v) is 13.4. The molecule has 1 aliphatic heterocycles. The number of carbonyl (C=O) groups is 6. The summed E-state index contributed by atoms with van der Waals surface area (Å²) in [6.07, 6.45) is 13.6. The number of nitrogens with zero attached hydrogens (tertiary/aromatic N) is 1. The standard InChI is InChI=1S/C41H63N5O7/c1-7-8-14-29(34(48)36(50)42-16-15-30(47)53-39(2,3)4)43-35(49)33-31-28(40(31,5)6)23-46(33)37(51)32(27-12-10-9-11-13-27)44-38(52)45-41-20-24-17-25(21-41)19-26(18-24)22-41/h7,24-29,31-33H,1,8-23H2,2-6H3,(H,42,50)(H,43,49)(H2,44,45,52)/t24?,25?,26?,28-,29?,31-,32-,33-,41?/m0/s1. The Morgan fingerprint density at radius 2 is 1.55 bits per heavy atom. The van der Waals surface area contributed by atoms with E-state index in [4.69, 9.17) is 4.74 Å². The van der Waals surface area contributed by atoms with Crippen LogP contribution in [0.25, 0.3) is 0 Å². The fourth-order valence-corrected chi connectivity index (χ4v) is 11.2. The molecule has 4 bridgehead atoms. The van der Waals surface area contributed by atoms with Crippen LogP contribution < -0.4 is 21.3 Å². The summed E-state index contributed by atoms with van der Waals surface area (Å²) >= 11 is 0. The Morgan fingerprint density at radius 3 is 2.13 bits per heavy atom. The van der Waals surface area contributed by atoms with E-state index in [9.17, 15) is 28.8 Å². The maximum Gasteiger partial charge on any atom is 0.315 e. The van der Waals surface area contributed by atoms with E-state index < -0.39 is 47.3 Å². The molecule has 4 N–H and O–H groups in total. The average Bonchev–Trinajstić information content (AvgIpc) is 3.38. The van der Waals surface area contributed by atoms with Crippen molar-refractivity contribution in [2.75, 3.05) is 13.1 Å². The van der Waals surface area contributed by atoms with Crippen molar-refractivity contribution in [2.45, 2.75) is 154 Å². The van der Waals surface area contributed by atoms with Crippen LogP contribution in [0, 0.1) is 40.9 Å². The highest BCUT2D eigenvalue weighted by atomic mass is 16.6. The molecule has 12 heteroatoms. The number of urea groups is 1. The molecular weight excluding hydrogens is 674 g/mol. The number of hydrogen-bond donors (Lipinski definition) is 4. The van der Waals surface area contributed by atoms with Gasteiger partial charge < -0.3 is 30.9 Å². The summed E-state index contributed by atoms with van der Waals surface area (Å²) in [7, 11) is 0. The summed E-state index contributed by atoms with van der Waals surface area (Å²) in [5.41, 5.74) is -1.05. The van der Waals surface area contributed by atoms with Crippen LogP contribution >= 0.6 is 0 Å². The molecule has 53 heavy (non-hydrogen) atoms. The number of hydrogen-bond acceptors (Lipinski definition) is 7. The second-order valence-electron chi connectivity index (χ2n) is 18.9. The first kappa shape index (κ1) is 39.3. The van der Waals surface area contributed by atoms with Crippen LogP contribution in [0.15, 0.2) is 12.7 Å². The summed E-state index contributed by atoms with van der Waals surface area (Å²) < 4.78 is 5.28. The van der Waals surface area contributed by atoms with Gasteiger partial charge in [-0.1, -0.05) is 39.2 Å². The Hall–Kier alpha value is -3.44. The molecule has 1 unspecified atom stereocenters. The maximum absolute atomic E-state index is 14.7. The summed E-state index contributed by atoms with van der Waals surface area (Å²) in [5.74, 6) is -0.973. The number of amides is 5. The minimum Gasteiger partial charge on any atom is -0.460 e. The summed E-state index contributed by atoms with van der Waals surface area (Å²) in [4.78, 5) is 83.0. The molecule has 5 amide bonds. The number of Topliss-reactive ketones (excluding diaryl/α,β-unsaturated/α-hetero) is 1. The SMILES string of the molecule is C=CCCC(NC(=O)[C@@H]1[C@@H]2[C@H](CN1C(=O)[C@@H](NC(=O)NC13CC4CC(CC(C4)C1)C3)C1CCCCC1)C2(C)C)C(=O)C(=O)NCCC(=O)OC(C)(C)C. The van der Waals surface area contributed by atoms with Crippen LogP contribution in [-0.2, 0) is 28.7 Å². The number of carbonyl (C=O) groups excluding carboxylic acids is 6. The van der Waals surface area contributed by atoms with Gasteiger partial charge in [0.15, 0.2) is 0 Å².